The van der Waals surface area contributed by atoms with E-state index in [2.05, 4.69) is 6.07 Å². The quantitative estimate of drug-likeness (QED) is 0.863. The topological polar surface area (TPSA) is 76.1 Å². The normalized spacial score (nSPS) is 26.4. The number of rotatable bonds is 1. The van der Waals surface area contributed by atoms with Crippen molar-refractivity contribution in [2.24, 2.45) is 11.1 Å². The van der Waals surface area contributed by atoms with Crippen LogP contribution in [-0.2, 0) is 14.9 Å². The molecule has 1 unspecified atom stereocenters. The van der Waals surface area contributed by atoms with Crippen LogP contribution in [0.1, 0.15) is 39.2 Å². The Morgan fingerprint density at radius 1 is 1.17 bits per heavy atom. The molecule has 0 bridgehead atoms. The third kappa shape index (κ3) is 2.24. The van der Waals surface area contributed by atoms with Crippen molar-refractivity contribution in [1.29, 1.82) is 5.26 Å². The molecule has 0 saturated heterocycles. The molecule has 0 amide bonds. The summed E-state index contributed by atoms with van der Waals surface area (Å²) in [5.41, 5.74) is 6.76. The molecule has 1 atom stereocenters. The highest BCUT2D eigenvalue weighted by molar-refractivity contribution is 6.01. The van der Waals surface area contributed by atoms with Crippen molar-refractivity contribution >= 4 is 5.78 Å². The van der Waals surface area contributed by atoms with Crippen molar-refractivity contribution in [2.75, 3.05) is 0 Å². The van der Waals surface area contributed by atoms with E-state index in [1.807, 2.05) is 51.1 Å². The Morgan fingerprint density at radius 2 is 1.83 bits per heavy atom. The van der Waals surface area contributed by atoms with E-state index in [0.717, 1.165) is 5.56 Å². The number of nitrogens with zero attached hydrogens (tertiary/aromatic N) is 1. The first-order valence-electron chi connectivity index (χ1n) is 7.70. The van der Waals surface area contributed by atoms with Crippen molar-refractivity contribution in [2.45, 2.75) is 39.0 Å². The third-order valence-corrected chi connectivity index (χ3v) is 4.78. The largest absolute Gasteiger partial charge is 0.444 e. The Bertz CT molecular complexity index is 781. The third-order valence-electron chi connectivity index (χ3n) is 4.78. The zero-order chi connectivity index (χ0) is 16.8. The minimum atomic E-state index is -0.860. The number of hydrogen-bond acceptors (Lipinski definition) is 4. The van der Waals surface area contributed by atoms with Crippen LogP contribution in [0.4, 0.5) is 0 Å². The van der Waals surface area contributed by atoms with E-state index in [-0.39, 0.29) is 17.1 Å². The number of carbonyl (C=O) groups excluding carboxylic acids is 1. The van der Waals surface area contributed by atoms with Gasteiger partial charge in [-0.1, -0.05) is 44.2 Å². The van der Waals surface area contributed by atoms with Crippen LogP contribution in [0.15, 0.2) is 53.1 Å². The highest BCUT2D eigenvalue weighted by Crippen LogP contribution is 2.51. The molecule has 3 rings (SSSR count). The number of allylic oxidation sites excluding steroid dienone is 3. The molecule has 0 aromatic heterocycles. The van der Waals surface area contributed by atoms with Gasteiger partial charge in [0, 0.05) is 18.4 Å². The molecule has 4 heteroatoms. The molecule has 4 nitrogen and oxygen atoms in total. The fraction of sp³-hybridized carbons (Fsp3) is 0.368. The summed E-state index contributed by atoms with van der Waals surface area (Å²) in [5, 5.41) is 9.64. The van der Waals surface area contributed by atoms with E-state index >= 15 is 0 Å². The minimum absolute atomic E-state index is 0.0304. The number of hydrogen-bond donors (Lipinski definition) is 1. The molecule has 0 saturated carbocycles. The van der Waals surface area contributed by atoms with E-state index < -0.39 is 5.41 Å². The van der Waals surface area contributed by atoms with Gasteiger partial charge >= 0.3 is 0 Å². The van der Waals surface area contributed by atoms with E-state index in [1.165, 1.54) is 0 Å². The highest BCUT2D eigenvalue weighted by atomic mass is 16.5. The minimum Gasteiger partial charge on any atom is -0.444 e. The second kappa shape index (κ2) is 4.99. The standard InChI is InChI=1S/C19H20N2O2/c1-18(2)9-14(22)16-15(10-18)23-17(21)13(11-20)19(16,3)12-7-5-4-6-8-12/h4-8H,9-10,21H2,1-3H3. The average Bonchev–Trinajstić information content (AvgIpc) is 2.46. The SMILES string of the molecule is CC1(C)CC(=O)C2=C(C1)OC(N)=C(C#N)C2(C)c1ccccc1. The lowest BCUT2D eigenvalue weighted by Crippen LogP contribution is -2.42. The van der Waals surface area contributed by atoms with Gasteiger partial charge in [0.25, 0.3) is 0 Å². The zero-order valence-electron chi connectivity index (χ0n) is 13.6. The van der Waals surface area contributed by atoms with Gasteiger partial charge in [-0.15, -0.1) is 0 Å². The fourth-order valence-corrected chi connectivity index (χ4v) is 3.69. The van der Waals surface area contributed by atoms with Gasteiger partial charge in [-0.05, 0) is 17.9 Å². The maximum Gasteiger partial charge on any atom is 0.205 e. The monoisotopic (exact) mass is 308 g/mol. The van der Waals surface area contributed by atoms with Gasteiger partial charge in [-0.2, -0.15) is 5.26 Å². The lowest BCUT2D eigenvalue weighted by Gasteiger charge is -2.42. The van der Waals surface area contributed by atoms with Gasteiger partial charge in [0.2, 0.25) is 5.88 Å². The van der Waals surface area contributed by atoms with Crippen molar-refractivity contribution in [3.05, 3.63) is 58.7 Å². The van der Waals surface area contributed by atoms with Crippen molar-refractivity contribution in [3.8, 4) is 6.07 Å². The number of carbonyl (C=O) groups is 1. The van der Waals surface area contributed by atoms with Gasteiger partial charge in [0.05, 0.1) is 5.41 Å². The smallest absolute Gasteiger partial charge is 0.205 e. The molecule has 1 aromatic rings. The number of nitrogens with two attached hydrogens (primary N) is 1. The molecule has 118 valence electrons. The Kier molecular flexibility index (Phi) is 3.33. The Balaban J connectivity index is 2.28. The molecule has 1 aromatic carbocycles. The van der Waals surface area contributed by atoms with E-state index in [9.17, 15) is 10.1 Å². The maximum atomic E-state index is 12.9. The van der Waals surface area contributed by atoms with Gasteiger partial charge in [-0.25, -0.2) is 0 Å². The van der Waals surface area contributed by atoms with Gasteiger partial charge in [0.1, 0.15) is 17.4 Å². The summed E-state index contributed by atoms with van der Waals surface area (Å²) in [6, 6.07) is 11.7. The van der Waals surface area contributed by atoms with Gasteiger partial charge in [0.15, 0.2) is 5.78 Å². The maximum absolute atomic E-state index is 12.9. The summed E-state index contributed by atoms with van der Waals surface area (Å²) in [6.45, 7) is 5.97. The number of ether oxygens (including phenoxy) is 1. The van der Waals surface area contributed by atoms with Crippen LogP contribution in [0.2, 0.25) is 0 Å². The number of Topliss-reactive ketones (excluding diaryl/α,β-unsaturated/α-hetero) is 1. The predicted octanol–water partition coefficient (Wildman–Crippen LogP) is 3.31. The van der Waals surface area contributed by atoms with Crippen molar-refractivity contribution in [1.82, 2.24) is 0 Å². The Hall–Kier alpha value is -2.54. The summed E-state index contributed by atoms with van der Waals surface area (Å²) >= 11 is 0. The summed E-state index contributed by atoms with van der Waals surface area (Å²) in [4.78, 5) is 12.9. The van der Waals surface area contributed by atoms with E-state index in [4.69, 9.17) is 10.5 Å². The van der Waals surface area contributed by atoms with Crippen LogP contribution in [-0.4, -0.2) is 5.78 Å². The van der Waals surface area contributed by atoms with E-state index in [1.54, 1.807) is 0 Å². The molecule has 1 aliphatic carbocycles. The van der Waals surface area contributed by atoms with Crippen LogP contribution in [0.25, 0.3) is 0 Å². The van der Waals surface area contributed by atoms with Crippen LogP contribution >= 0.6 is 0 Å². The van der Waals surface area contributed by atoms with Crippen LogP contribution in [0.5, 0.6) is 0 Å². The summed E-state index contributed by atoms with van der Waals surface area (Å²) in [5.74, 6) is 0.736. The first-order chi connectivity index (χ1) is 10.8. The van der Waals surface area contributed by atoms with Gasteiger partial charge in [-0.3, -0.25) is 4.79 Å². The number of nitriles is 1. The Morgan fingerprint density at radius 3 is 2.43 bits per heavy atom. The summed E-state index contributed by atoms with van der Waals surface area (Å²) in [6.07, 6.45) is 1.08. The number of ketones is 1. The molecule has 1 heterocycles. The van der Waals surface area contributed by atoms with Crippen LogP contribution < -0.4 is 5.73 Å². The second-order valence-electron chi connectivity index (χ2n) is 7.18. The lowest BCUT2D eigenvalue weighted by molar-refractivity contribution is -0.119. The molecule has 1 aliphatic heterocycles. The molecular weight excluding hydrogens is 288 g/mol. The van der Waals surface area contributed by atoms with E-state index in [0.29, 0.717) is 29.7 Å². The summed E-state index contributed by atoms with van der Waals surface area (Å²) < 4.78 is 5.71. The van der Waals surface area contributed by atoms with Crippen LogP contribution in [0.3, 0.4) is 0 Å². The molecule has 0 fully saturated rings. The Labute approximate surface area is 136 Å². The first kappa shape index (κ1) is 15.4. The molecule has 0 radical (unpaired) electrons. The average molecular weight is 308 g/mol. The van der Waals surface area contributed by atoms with Crippen LogP contribution in [0, 0.1) is 16.7 Å². The summed E-state index contributed by atoms with van der Waals surface area (Å²) in [7, 11) is 0. The molecule has 0 spiro atoms. The highest BCUT2D eigenvalue weighted by Gasteiger charge is 2.49. The van der Waals surface area contributed by atoms with Crippen molar-refractivity contribution in [3.63, 3.8) is 0 Å². The lowest BCUT2D eigenvalue weighted by atomic mass is 9.63. The second-order valence-corrected chi connectivity index (χ2v) is 7.18. The van der Waals surface area contributed by atoms with Crippen molar-refractivity contribution < 1.29 is 9.53 Å². The predicted molar refractivity (Wildman–Crippen MR) is 86.8 cm³/mol. The first-order valence-corrected chi connectivity index (χ1v) is 7.70. The molecule has 2 aliphatic rings. The van der Waals surface area contributed by atoms with Gasteiger partial charge < -0.3 is 10.5 Å². The molecule has 2 N–H and O–H groups in total. The molecular formula is C19H20N2O2. The molecule has 23 heavy (non-hydrogen) atoms. The number of benzene rings is 1. The zero-order valence-corrected chi connectivity index (χ0v) is 13.6. The fourth-order valence-electron chi connectivity index (χ4n) is 3.69.